The van der Waals surface area contributed by atoms with Crippen molar-refractivity contribution < 1.29 is 4.79 Å². The van der Waals surface area contributed by atoms with Crippen LogP contribution in [0.3, 0.4) is 0 Å². The van der Waals surface area contributed by atoms with Crippen molar-refractivity contribution in [2.45, 2.75) is 70.9 Å². The average molecular weight is 341 g/mol. The maximum absolute atomic E-state index is 12.3. The number of carbonyl (C=O) groups excluding carboxylic acids is 1. The first-order valence-corrected chi connectivity index (χ1v) is 9.42. The maximum atomic E-state index is 12.3. The van der Waals surface area contributed by atoms with Gasteiger partial charge in [-0.15, -0.1) is 0 Å². The molecule has 1 saturated carbocycles. The zero-order chi connectivity index (χ0) is 18.4. The Kier molecular flexibility index (Phi) is 6.61. The largest absolute Gasteiger partial charge is 0.337 e. The minimum Gasteiger partial charge on any atom is -0.337 e. The van der Waals surface area contributed by atoms with E-state index >= 15 is 0 Å². The van der Waals surface area contributed by atoms with E-state index in [-0.39, 0.29) is 18.5 Å². The number of nitrogens with zero attached hydrogens (tertiary/aromatic N) is 1. The SMILES string of the molecule is CC(C)c1ccc([C@H](NCC(=O)NC2(C#N)CCCC2)C(C)C)cc1. The minimum atomic E-state index is -0.648. The molecule has 1 aliphatic carbocycles. The van der Waals surface area contributed by atoms with Gasteiger partial charge in [0, 0.05) is 6.04 Å². The highest BCUT2D eigenvalue weighted by Gasteiger charge is 2.35. The van der Waals surface area contributed by atoms with Crippen LogP contribution in [0.25, 0.3) is 0 Å². The summed E-state index contributed by atoms with van der Waals surface area (Å²) in [5, 5.41) is 15.7. The van der Waals surface area contributed by atoms with Crippen molar-refractivity contribution in [1.82, 2.24) is 10.6 Å². The van der Waals surface area contributed by atoms with Crippen molar-refractivity contribution in [3.63, 3.8) is 0 Å². The summed E-state index contributed by atoms with van der Waals surface area (Å²) in [6, 6.07) is 11.1. The highest BCUT2D eigenvalue weighted by atomic mass is 16.2. The van der Waals surface area contributed by atoms with Gasteiger partial charge >= 0.3 is 0 Å². The van der Waals surface area contributed by atoms with Gasteiger partial charge in [0.25, 0.3) is 0 Å². The molecule has 1 fully saturated rings. The molecule has 0 bridgehead atoms. The van der Waals surface area contributed by atoms with Crippen LogP contribution in [-0.4, -0.2) is 18.0 Å². The van der Waals surface area contributed by atoms with Crippen LogP contribution in [0.2, 0.25) is 0 Å². The molecule has 0 saturated heterocycles. The summed E-state index contributed by atoms with van der Waals surface area (Å²) in [4.78, 5) is 12.3. The molecule has 0 heterocycles. The summed E-state index contributed by atoms with van der Waals surface area (Å²) in [5.74, 6) is 0.792. The molecule has 4 nitrogen and oxygen atoms in total. The second kappa shape index (κ2) is 8.49. The molecule has 1 aromatic rings. The summed E-state index contributed by atoms with van der Waals surface area (Å²) in [5.41, 5.74) is 1.87. The summed E-state index contributed by atoms with van der Waals surface area (Å²) >= 11 is 0. The number of hydrogen-bond acceptors (Lipinski definition) is 3. The van der Waals surface area contributed by atoms with Crippen molar-refractivity contribution in [2.75, 3.05) is 6.54 Å². The van der Waals surface area contributed by atoms with E-state index in [9.17, 15) is 10.1 Å². The molecule has 1 aromatic carbocycles. The lowest BCUT2D eigenvalue weighted by molar-refractivity contribution is -0.121. The van der Waals surface area contributed by atoms with Crippen LogP contribution in [0.5, 0.6) is 0 Å². The summed E-state index contributed by atoms with van der Waals surface area (Å²) in [6.45, 7) is 8.91. The predicted molar refractivity (Wildman–Crippen MR) is 101 cm³/mol. The molecule has 2 rings (SSSR count). The Morgan fingerprint density at radius 3 is 2.16 bits per heavy atom. The second-order valence-electron chi connectivity index (χ2n) is 7.87. The Balaban J connectivity index is 1.97. The normalized spacial score (nSPS) is 17.5. The highest BCUT2D eigenvalue weighted by molar-refractivity contribution is 5.79. The van der Waals surface area contributed by atoms with Crippen LogP contribution >= 0.6 is 0 Å². The topological polar surface area (TPSA) is 64.9 Å². The molecule has 4 heteroatoms. The monoisotopic (exact) mass is 341 g/mol. The second-order valence-corrected chi connectivity index (χ2v) is 7.87. The molecule has 0 spiro atoms. The van der Waals surface area contributed by atoms with Gasteiger partial charge in [-0.3, -0.25) is 4.79 Å². The number of carbonyl (C=O) groups is 1. The van der Waals surface area contributed by atoms with Gasteiger partial charge in [0.05, 0.1) is 12.6 Å². The van der Waals surface area contributed by atoms with E-state index in [1.54, 1.807) is 0 Å². The van der Waals surface area contributed by atoms with Crippen LogP contribution in [0.4, 0.5) is 0 Å². The smallest absolute Gasteiger partial charge is 0.235 e. The Morgan fingerprint density at radius 1 is 1.12 bits per heavy atom. The standard InChI is InChI=1S/C21H31N3O/c1-15(2)17-7-9-18(10-8-17)20(16(3)4)23-13-19(25)24-21(14-22)11-5-6-12-21/h7-10,15-16,20,23H,5-6,11-13H2,1-4H3,(H,24,25)/t20-/m1/s1. The van der Waals surface area contributed by atoms with Crippen molar-refractivity contribution in [3.8, 4) is 6.07 Å². The number of benzene rings is 1. The zero-order valence-electron chi connectivity index (χ0n) is 15.9. The van der Waals surface area contributed by atoms with Crippen LogP contribution in [0.1, 0.15) is 76.5 Å². The molecule has 25 heavy (non-hydrogen) atoms. The van der Waals surface area contributed by atoms with Gasteiger partial charge in [-0.2, -0.15) is 5.26 Å². The van der Waals surface area contributed by atoms with Gasteiger partial charge in [-0.05, 0) is 48.6 Å². The number of hydrogen-bond donors (Lipinski definition) is 2. The van der Waals surface area contributed by atoms with Gasteiger partial charge in [-0.25, -0.2) is 0 Å². The molecule has 1 aliphatic rings. The van der Waals surface area contributed by atoms with Crippen LogP contribution < -0.4 is 10.6 Å². The summed E-state index contributed by atoms with van der Waals surface area (Å²) in [6.07, 6.45) is 3.55. The van der Waals surface area contributed by atoms with E-state index in [4.69, 9.17) is 0 Å². The number of nitrogens with one attached hydrogen (secondary N) is 2. The number of rotatable bonds is 7. The third kappa shape index (κ3) is 5.06. The highest BCUT2D eigenvalue weighted by Crippen LogP contribution is 2.29. The van der Waals surface area contributed by atoms with Crippen LogP contribution in [0, 0.1) is 17.2 Å². The molecular formula is C21H31N3O. The van der Waals surface area contributed by atoms with E-state index in [1.165, 1.54) is 11.1 Å². The Labute approximate surface area is 152 Å². The molecule has 0 unspecified atom stereocenters. The average Bonchev–Trinajstić information content (AvgIpc) is 3.04. The zero-order valence-corrected chi connectivity index (χ0v) is 15.9. The minimum absolute atomic E-state index is 0.0899. The van der Waals surface area contributed by atoms with Gasteiger partial charge in [0.1, 0.15) is 5.54 Å². The van der Waals surface area contributed by atoms with Crippen molar-refractivity contribution >= 4 is 5.91 Å². The molecule has 0 aromatic heterocycles. The predicted octanol–water partition coefficient (Wildman–Crippen LogP) is 4.05. The van der Waals surface area contributed by atoms with Crippen molar-refractivity contribution in [2.24, 2.45) is 5.92 Å². The van der Waals surface area contributed by atoms with Gasteiger partial charge in [0.15, 0.2) is 0 Å². The maximum Gasteiger partial charge on any atom is 0.235 e. The van der Waals surface area contributed by atoms with Crippen LogP contribution in [-0.2, 0) is 4.79 Å². The van der Waals surface area contributed by atoms with E-state index in [0.29, 0.717) is 11.8 Å². The fraction of sp³-hybridized carbons (Fsp3) is 0.619. The lowest BCUT2D eigenvalue weighted by Gasteiger charge is -2.26. The van der Waals surface area contributed by atoms with Gasteiger partial charge in [0.2, 0.25) is 5.91 Å². The first-order valence-electron chi connectivity index (χ1n) is 9.42. The lowest BCUT2D eigenvalue weighted by atomic mass is 9.93. The lowest BCUT2D eigenvalue weighted by Crippen LogP contribution is -2.48. The molecule has 0 aliphatic heterocycles. The van der Waals surface area contributed by atoms with E-state index in [2.05, 4.69) is 68.7 Å². The Hall–Kier alpha value is -1.86. The Bertz CT molecular complexity index is 607. The molecule has 136 valence electrons. The van der Waals surface area contributed by atoms with E-state index < -0.39 is 5.54 Å². The first-order chi connectivity index (χ1) is 11.9. The first kappa shape index (κ1) is 19.5. The van der Waals surface area contributed by atoms with Crippen molar-refractivity contribution in [3.05, 3.63) is 35.4 Å². The molecule has 2 N–H and O–H groups in total. The van der Waals surface area contributed by atoms with Gasteiger partial charge < -0.3 is 10.6 Å². The van der Waals surface area contributed by atoms with E-state index in [0.717, 1.165) is 25.7 Å². The molecule has 1 atom stereocenters. The fourth-order valence-corrected chi connectivity index (χ4v) is 3.58. The fourth-order valence-electron chi connectivity index (χ4n) is 3.58. The van der Waals surface area contributed by atoms with Gasteiger partial charge in [-0.1, -0.05) is 52.0 Å². The number of nitriles is 1. The van der Waals surface area contributed by atoms with Crippen LogP contribution in [0.15, 0.2) is 24.3 Å². The molecule has 0 radical (unpaired) electrons. The number of amides is 1. The summed E-state index contributed by atoms with van der Waals surface area (Å²) in [7, 11) is 0. The quantitative estimate of drug-likeness (QED) is 0.786. The third-order valence-electron chi connectivity index (χ3n) is 5.16. The van der Waals surface area contributed by atoms with Crippen molar-refractivity contribution in [1.29, 1.82) is 5.26 Å². The molecule has 1 amide bonds. The Morgan fingerprint density at radius 2 is 1.68 bits per heavy atom. The van der Waals surface area contributed by atoms with E-state index in [1.807, 2.05) is 0 Å². The third-order valence-corrected chi connectivity index (χ3v) is 5.16. The summed E-state index contributed by atoms with van der Waals surface area (Å²) < 4.78 is 0. The molecular weight excluding hydrogens is 310 g/mol.